The first-order valence-electron chi connectivity index (χ1n) is 4.29. The molecule has 0 amide bonds. The Bertz CT molecular complexity index is 388. The summed E-state index contributed by atoms with van der Waals surface area (Å²) in [7, 11) is 0. The molecular formula is C11H9F3O. The van der Waals surface area contributed by atoms with Gasteiger partial charge in [-0.25, -0.2) is 0 Å². The van der Waals surface area contributed by atoms with Gasteiger partial charge < -0.3 is 4.74 Å². The molecule has 0 atom stereocenters. The van der Waals surface area contributed by atoms with Gasteiger partial charge >= 0.3 is 6.18 Å². The van der Waals surface area contributed by atoms with E-state index in [1.165, 1.54) is 12.1 Å². The topological polar surface area (TPSA) is 9.23 Å². The predicted molar refractivity (Wildman–Crippen MR) is 50.5 cm³/mol. The van der Waals surface area contributed by atoms with Gasteiger partial charge in [-0.2, -0.15) is 13.2 Å². The summed E-state index contributed by atoms with van der Waals surface area (Å²) < 4.78 is 42.5. The second-order valence-electron chi connectivity index (χ2n) is 2.78. The molecule has 1 nitrogen and oxygen atoms in total. The fourth-order valence-electron chi connectivity index (χ4n) is 1.14. The molecule has 0 unspecified atom stereocenters. The highest BCUT2D eigenvalue weighted by molar-refractivity contribution is 5.45. The first-order chi connectivity index (χ1) is 6.99. The lowest BCUT2D eigenvalue weighted by atomic mass is 10.1. The molecule has 0 fully saturated rings. The second-order valence-corrected chi connectivity index (χ2v) is 2.78. The molecule has 0 saturated carbocycles. The maximum atomic E-state index is 12.5. The fourth-order valence-corrected chi connectivity index (χ4v) is 1.14. The molecule has 0 aliphatic heterocycles. The van der Waals surface area contributed by atoms with Gasteiger partial charge in [-0.15, -0.1) is 6.42 Å². The van der Waals surface area contributed by atoms with Crippen LogP contribution in [0.4, 0.5) is 13.2 Å². The Hall–Kier alpha value is -1.63. The highest BCUT2D eigenvalue weighted by Crippen LogP contribution is 2.34. The van der Waals surface area contributed by atoms with E-state index in [1.807, 2.05) is 5.92 Å². The number of benzene rings is 1. The fraction of sp³-hybridized carbons (Fsp3) is 0.273. The number of hydrogen-bond donors (Lipinski definition) is 0. The van der Waals surface area contributed by atoms with E-state index in [0.717, 1.165) is 6.07 Å². The summed E-state index contributed by atoms with van der Waals surface area (Å²) in [6.07, 6.45) is 0.531. The van der Waals surface area contributed by atoms with Gasteiger partial charge in [0.05, 0.1) is 12.2 Å². The van der Waals surface area contributed by atoms with Gasteiger partial charge in [0.1, 0.15) is 5.75 Å². The van der Waals surface area contributed by atoms with Crippen LogP contribution in [0.3, 0.4) is 0 Å². The van der Waals surface area contributed by atoms with E-state index in [1.54, 1.807) is 6.92 Å². The van der Waals surface area contributed by atoms with Gasteiger partial charge in [0.15, 0.2) is 0 Å². The summed E-state index contributed by atoms with van der Waals surface area (Å²) in [5.74, 6) is 2.17. The van der Waals surface area contributed by atoms with Crippen LogP contribution >= 0.6 is 0 Å². The van der Waals surface area contributed by atoms with E-state index < -0.39 is 11.7 Å². The summed E-state index contributed by atoms with van der Waals surface area (Å²) in [6.45, 7) is 2.01. The van der Waals surface area contributed by atoms with E-state index in [-0.39, 0.29) is 11.3 Å². The number of hydrogen-bond acceptors (Lipinski definition) is 1. The number of terminal acetylenes is 1. The molecule has 0 aromatic heterocycles. The molecule has 15 heavy (non-hydrogen) atoms. The van der Waals surface area contributed by atoms with Crippen LogP contribution in [-0.2, 0) is 6.18 Å². The standard InChI is InChI=1S/C11H9F3O/c1-3-8-5-6-9(15-4-2)7-10(8)11(12,13)14/h1,5-7H,4H2,2H3. The van der Waals surface area contributed by atoms with E-state index in [9.17, 15) is 13.2 Å². The summed E-state index contributed by atoms with van der Waals surface area (Å²) in [5.41, 5.74) is -1.01. The van der Waals surface area contributed by atoms with Crippen LogP contribution in [-0.4, -0.2) is 6.61 Å². The van der Waals surface area contributed by atoms with Crippen LogP contribution in [0, 0.1) is 12.3 Å². The van der Waals surface area contributed by atoms with Crippen molar-refractivity contribution in [1.82, 2.24) is 0 Å². The smallest absolute Gasteiger partial charge is 0.417 e. The summed E-state index contributed by atoms with van der Waals surface area (Å²) >= 11 is 0. The van der Waals surface area contributed by atoms with Crippen molar-refractivity contribution in [2.24, 2.45) is 0 Å². The molecule has 0 heterocycles. The molecule has 0 saturated heterocycles. The van der Waals surface area contributed by atoms with Crippen molar-refractivity contribution in [3.8, 4) is 18.1 Å². The zero-order valence-electron chi connectivity index (χ0n) is 8.06. The molecule has 4 heteroatoms. The number of halogens is 3. The Labute approximate surface area is 85.9 Å². The van der Waals surface area contributed by atoms with E-state index in [0.29, 0.717) is 6.61 Å². The average molecular weight is 214 g/mol. The molecule has 1 rings (SSSR count). The van der Waals surface area contributed by atoms with Crippen molar-refractivity contribution < 1.29 is 17.9 Å². The van der Waals surface area contributed by atoms with Crippen LogP contribution in [0.15, 0.2) is 18.2 Å². The molecule has 0 N–H and O–H groups in total. The third-order valence-corrected chi connectivity index (χ3v) is 1.76. The van der Waals surface area contributed by atoms with Crippen molar-refractivity contribution >= 4 is 0 Å². The minimum Gasteiger partial charge on any atom is -0.494 e. The van der Waals surface area contributed by atoms with Crippen LogP contribution in [0.25, 0.3) is 0 Å². The van der Waals surface area contributed by atoms with Crippen LogP contribution in [0.2, 0.25) is 0 Å². The van der Waals surface area contributed by atoms with Crippen molar-refractivity contribution in [3.05, 3.63) is 29.3 Å². The van der Waals surface area contributed by atoms with E-state index in [2.05, 4.69) is 0 Å². The lowest BCUT2D eigenvalue weighted by Gasteiger charge is -2.11. The Morgan fingerprint density at radius 2 is 2.07 bits per heavy atom. The third-order valence-electron chi connectivity index (χ3n) is 1.76. The molecule has 0 aliphatic carbocycles. The highest BCUT2D eigenvalue weighted by Gasteiger charge is 2.33. The number of alkyl halides is 3. The Kier molecular flexibility index (Phi) is 3.25. The molecule has 0 spiro atoms. The highest BCUT2D eigenvalue weighted by atomic mass is 19.4. The van der Waals surface area contributed by atoms with Crippen LogP contribution < -0.4 is 4.74 Å². The average Bonchev–Trinajstić information content (AvgIpc) is 2.17. The van der Waals surface area contributed by atoms with E-state index in [4.69, 9.17) is 11.2 Å². The van der Waals surface area contributed by atoms with Crippen molar-refractivity contribution in [2.45, 2.75) is 13.1 Å². The monoisotopic (exact) mass is 214 g/mol. The first-order valence-corrected chi connectivity index (χ1v) is 4.29. The lowest BCUT2D eigenvalue weighted by Crippen LogP contribution is -2.08. The molecule has 0 radical (unpaired) electrons. The maximum Gasteiger partial charge on any atom is 0.417 e. The molecular weight excluding hydrogens is 205 g/mol. The summed E-state index contributed by atoms with van der Waals surface area (Å²) in [6, 6.07) is 3.57. The van der Waals surface area contributed by atoms with Gasteiger partial charge in [0, 0.05) is 5.56 Å². The normalized spacial score (nSPS) is 10.9. The molecule has 1 aromatic carbocycles. The number of rotatable bonds is 2. The largest absolute Gasteiger partial charge is 0.494 e. The molecule has 80 valence electrons. The third kappa shape index (κ3) is 2.66. The minimum absolute atomic E-state index is 0.170. The lowest BCUT2D eigenvalue weighted by molar-refractivity contribution is -0.137. The zero-order chi connectivity index (χ0) is 11.5. The summed E-state index contributed by atoms with van der Waals surface area (Å²) in [4.78, 5) is 0. The Morgan fingerprint density at radius 3 is 2.53 bits per heavy atom. The van der Waals surface area contributed by atoms with Crippen molar-refractivity contribution in [2.75, 3.05) is 6.61 Å². The predicted octanol–water partition coefficient (Wildman–Crippen LogP) is 3.09. The van der Waals surface area contributed by atoms with Crippen molar-refractivity contribution in [1.29, 1.82) is 0 Å². The van der Waals surface area contributed by atoms with Gasteiger partial charge in [0.25, 0.3) is 0 Å². The quantitative estimate of drug-likeness (QED) is 0.687. The Morgan fingerprint density at radius 1 is 1.40 bits per heavy atom. The van der Waals surface area contributed by atoms with Gasteiger partial charge in [-0.3, -0.25) is 0 Å². The Balaban J connectivity index is 3.21. The second kappa shape index (κ2) is 4.26. The van der Waals surface area contributed by atoms with Crippen LogP contribution in [0.1, 0.15) is 18.1 Å². The molecule has 1 aromatic rings. The van der Waals surface area contributed by atoms with Crippen molar-refractivity contribution in [3.63, 3.8) is 0 Å². The zero-order valence-corrected chi connectivity index (χ0v) is 8.06. The van der Waals surface area contributed by atoms with E-state index >= 15 is 0 Å². The molecule has 0 aliphatic rings. The maximum absolute atomic E-state index is 12.5. The summed E-state index contributed by atoms with van der Waals surface area (Å²) in [5, 5.41) is 0. The van der Waals surface area contributed by atoms with Gasteiger partial charge in [-0.05, 0) is 25.1 Å². The minimum atomic E-state index is -4.45. The first kappa shape index (κ1) is 11.4. The SMILES string of the molecule is C#Cc1ccc(OCC)cc1C(F)(F)F. The molecule has 0 bridgehead atoms. The van der Waals surface area contributed by atoms with Gasteiger partial charge in [0.2, 0.25) is 0 Å². The van der Waals surface area contributed by atoms with Gasteiger partial charge in [-0.1, -0.05) is 5.92 Å². The van der Waals surface area contributed by atoms with Crippen LogP contribution in [0.5, 0.6) is 5.75 Å². The number of ether oxygens (including phenoxy) is 1.